The van der Waals surface area contributed by atoms with Gasteiger partial charge < -0.3 is 15.0 Å². The summed E-state index contributed by atoms with van der Waals surface area (Å²) in [5, 5.41) is 2.96. The number of carbonyl (C=O) groups is 1. The zero-order chi connectivity index (χ0) is 17.0. The Labute approximate surface area is 133 Å². The van der Waals surface area contributed by atoms with Gasteiger partial charge in [0.2, 0.25) is 9.84 Å². The summed E-state index contributed by atoms with van der Waals surface area (Å²) in [6.07, 6.45) is 0.928. The van der Waals surface area contributed by atoms with Gasteiger partial charge in [-0.3, -0.25) is 0 Å². The molecule has 1 atom stereocenters. The van der Waals surface area contributed by atoms with E-state index in [0.717, 1.165) is 6.07 Å². The molecule has 128 valence electrons. The molecule has 1 aromatic rings. The third kappa shape index (κ3) is 3.90. The van der Waals surface area contributed by atoms with Gasteiger partial charge in [0.25, 0.3) is 0 Å². The molecule has 1 aromatic carbocycles. The van der Waals surface area contributed by atoms with Crippen LogP contribution < -0.4 is 5.32 Å². The number of likely N-dealkylation sites (tertiary alicyclic amines) is 1. The average molecular weight is 348 g/mol. The molecule has 0 radical (unpaired) electrons. The van der Waals surface area contributed by atoms with E-state index in [2.05, 4.69) is 10.1 Å². The van der Waals surface area contributed by atoms with Crippen molar-refractivity contribution in [1.82, 2.24) is 4.90 Å². The minimum atomic E-state index is -4.69. The third-order valence-electron chi connectivity index (χ3n) is 3.64. The summed E-state index contributed by atoms with van der Waals surface area (Å²) in [4.78, 5) is 12.6. The summed E-state index contributed by atoms with van der Waals surface area (Å²) in [6, 6.07) is 5.30. The van der Waals surface area contributed by atoms with Crippen LogP contribution in [0.2, 0.25) is 0 Å². The average Bonchev–Trinajstić information content (AvgIpc) is 2.54. The van der Waals surface area contributed by atoms with Gasteiger partial charge in [-0.1, -0.05) is 12.1 Å². The maximum Gasteiger partial charge on any atom is 0.409 e. The number of hydrogen-bond donors (Lipinski definition) is 1. The molecule has 0 bridgehead atoms. The van der Waals surface area contributed by atoms with Crippen LogP contribution in [0, 0.1) is 0 Å². The van der Waals surface area contributed by atoms with Crippen LogP contribution in [0.25, 0.3) is 0 Å². The number of rotatable bonds is 4. The molecule has 0 spiro atoms. The number of amides is 1. The van der Waals surface area contributed by atoms with Crippen LogP contribution in [-0.2, 0) is 14.6 Å². The predicted octanol–water partition coefficient (Wildman–Crippen LogP) is 2.33. The number of alkyl halides is 2. The number of nitrogens with one attached hydrogen (secondary N) is 1. The van der Waals surface area contributed by atoms with E-state index in [9.17, 15) is 22.0 Å². The van der Waals surface area contributed by atoms with Gasteiger partial charge in [0.05, 0.1) is 17.7 Å². The zero-order valence-electron chi connectivity index (χ0n) is 12.5. The van der Waals surface area contributed by atoms with E-state index in [1.165, 1.54) is 24.1 Å². The number of hydrogen-bond acceptors (Lipinski definition) is 5. The Kier molecular flexibility index (Phi) is 5.40. The molecule has 1 aliphatic heterocycles. The van der Waals surface area contributed by atoms with Crippen molar-refractivity contribution in [3.05, 3.63) is 24.3 Å². The summed E-state index contributed by atoms with van der Waals surface area (Å²) in [7, 11) is -3.41. The largest absolute Gasteiger partial charge is 0.453 e. The number of methoxy groups -OCH3 is 1. The van der Waals surface area contributed by atoms with Crippen molar-refractivity contribution >= 4 is 21.6 Å². The van der Waals surface area contributed by atoms with Crippen molar-refractivity contribution in [2.75, 3.05) is 25.5 Å². The van der Waals surface area contributed by atoms with E-state index in [1.807, 2.05) is 0 Å². The number of piperidine rings is 1. The predicted molar refractivity (Wildman–Crippen MR) is 80.3 cm³/mol. The van der Waals surface area contributed by atoms with Crippen molar-refractivity contribution in [1.29, 1.82) is 0 Å². The van der Waals surface area contributed by atoms with Crippen LogP contribution in [0.4, 0.5) is 19.3 Å². The summed E-state index contributed by atoms with van der Waals surface area (Å²) in [6.45, 7) is 0.859. The van der Waals surface area contributed by atoms with Crippen LogP contribution in [0.1, 0.15) is 12.8 Å². The second kappa shape index (κ2) is 7.12. The smallest absolute Gasteiger partial charge is 0.409 e. The first-order valence-corrected chi connectivity index (χ1v) is 8.61. The normalized spacial score (nSPS) is 18.8. The molecule has 1 saturated heterocycles. The van der Waals surface area contributed by atoms with Crippen molar-refractivity contribution in [2.24, 2.45) is 0 Å². The van der Waals surface area contributed by atoms with Gasteiger partial charge in [0.15, 0.2) is 0 Å². The zero-order valence-corrected chi connectivity index (χ0v) is 13.4. The molecule has 23 heavy (non-hydrogen) atoms. The molecular weight excluding hydrogens is 330 g/mol. The number of para-hydroxylation sites is 1. The molecule has 0 aliphatic carbocycles. The van der Waals surface area contributed by atoms with E-state index < -0.39 is 26.6 Å². The molecular formula is C14H18F2N2O4S. The molecule has 9 heteroatoms. The van der Waals surface area contributed by atoms with Crippen LogP contribution in [-0.4, -0.2) is 51.4 Å². The lowest BCUT2D eigenvalue weighted by atomic mass is 10.1. The lowest BCUT2D eigenvalue weighted by molar-refractivity contribution is 0.113. The fraction of sp³-hybridized carbons (Fsp3) is 0.500. The molecule has 0 saturated carbocycles. The molecule has 1 heterocycles. The summed E-state index contributed by atoms with van der Waals surface area (Å²) in [5.41, 5.74) is 0.115. The van der Waals surface area contributed by atoms with Gasteiger partial charge in [-0.05, 0) is 25.0 Å². The standard InChI is InChI=1S/C14H18F2N2O4S/c1-22-14(19)18-8-4-5-10(9-18)17-11-6-2-3-7-12(11)23(20,21)13(15)16/h2-3,6-7,10,13,17H,4-5,8-9H2,1H3. The first-order valence-electron chi connectivity index (χ1n) is 7.06. The van der Waals surface area contributed by atoms with Crippen LogP contribution in [0.3, 0.4) is 0 Å². The van der Waals surface area contributed by atoms with Crippen molar-refractivity contribution in [3.8, 4) is 0 Å². The second-order valence-electron chi connectivity index (χ2n) is 5.20. The van der Waals surface area contributed by atoms with Crippen LogP contribution in [0.5, 0.6) is 0 Å². The van der Waals surface area contributed by atoms with E-state index in [0.29, 0.717) is 25.9 Å². The number of nitrogens with zero attached hydrogens (tertiary/aromatic N) is 1. The minimum absolute atomic E-state index is 0.115. The summed E-state index contributed by atoms with van der Waals surface area (Å²) >= 11 is 0. The second-order valence-corrected chi connectivity index (χ2v) is 7.09. The number of benzene rings is 1. The van der Waals surface area contributed by atoms with Gasteiger partial charge in [-0.2, -0.15) is 8.78 Å². The maximum atomic E-state index is 12.8. The van der Waals surface area contributed by atoms with Gasteiger partial charge in [-0.15, -0.1) is 0 Å². The van der Waals surface area contributed by atoms with Gasteiger partial charge >= 0.3 is 11.9 Å². The Morgan fingerprint density at radius 1 is 1.39 bits per heavy atom. The first-order chi connectivity index (χ1) is 10.9. The van der Waals surface area contributed by atoms with E-state index >= 15 is 0 Å². The van der Waals surface area contributed by atoms with E-state index in [4.69, 9.17) is 0 Å². The number of halogens is 2. The fourth-order valence-electron chi connectivity index (χ4n) is 2.54. The lowest BCUT2D eigenvalue weighted by Gasteiger charge is -2.33. The third-order valence-corrected chi connectivity index (χ3v) is 5.08. The molecule has 1 N–H and O–H groups in total. The summed E-state index contributed by atoms with van der Waals surface area (Å²) < 4.78 is 53.7. The summed E-state index contributed by atoms with van der Waals surface area (Å²) in [5.74, 6) is -3.48. The molecule has 0 aromatic heterocycles. The van der Waals surface area contributed by atoms with Crippen molar-refractivity contribution < 1.29 is 26.7 Å². The molecule has 1 unspecified atom stereocenters. The first kappa shape index (κ1) is 17.5. The topological polar surface area (TPSA) is 75.7 Å². The molecule has 1 amide bonds. The van der Waals surface area contributed by atoms with Gasteiger partial charge in [0.1, 0.15) is 0 Å². The van der Waals surface area contributed by atoms with E-state index in [-0.39, 0.29) is 11.7 Å². The highest BCUT2D eigenvalue weighted by Crippen LogP contribution is 2.27. The lowest BCUT2D eigenvalue weighted by Crippen LogP contribution is -2.45. The van der Waals surface area contributed by atoms with Gasteiger partial charge in [-0.25, -0.2) is 13.2 Å². The highest BCUT2D eigenvalue weighted by Gasteiger charge is 2.30. The number of sulfone groups is 1. The van der Waals surface area contributed by atoms with Crippen molar-refractivity contribution in [2.45, 2.75) is 29.5 Å². The van der Waals surface area contributed by atoms with Crippen LogP contribution >= 0.6 is 0 Å². The van der Waals surface area contributed by atoms with Gasteiger partial charge in [0, 0.05) is 19.1 Å². The number of ether oxygens (including phenoxy) is 1. The molecule has 1 fully saturated rings. The van der Waals surface area contributed by atoms with E-state index in [1.54, 1.807) is 6.07 Å². The maximum absolute atomic E-state index is 12.8. The monoisotopic (exact) mass is 348 g/mol. The Morgan fingerprint density at radius 3 is 2.74 bits per heavy atom. The van der Waals surface area contributed by atoms with Crippen molar-refractivity contribution in [3.63, 3.8) is 0 Å². The highest BCUT2D eigenvalue weighted by molar-refractivity contribution is 7.91. The Bertz CT molecular complexity index is 666. The Balaban J connectivity index is 2.19. The number of carbonyl (C=O) groups excluding carboxylic acids is 1. The fourth-order valence-corrected chi connectivity index (χ4v) is 3.43. The van der Waals surface area contributed by atoms with Crippen LogP contribution in [0.15, 0.2) is 29.2 Å². The number of anilines is 1. The minimum Gasteiger partial charge on any atom is -0.453 e. The molecule has 1 aliphatic rings. The Morgan fingerprint density at radius 2 is 2.09 bits per heavy atom. The quantitative estimate of drug-likeness (QED) is 0.904. The Hall–Kier alpha value is -1.90. The molecule has 2 rings (SSSR count). The highest BCUT2D eigenvalue weighted by atomic mass is 32.2. The molecule has 6 nitrogen and oxygen atoms in total. The SMILES string of the molecule is COC(=O)N1CCCC(Nc2ccccc2S(=O)(=O)C(F)F)C1.